The number of aromatic nitrogens is 1. The number of amides is 1. The fraction of sp³-hybridized carbons (Fsp3) is 0.333. The summed E-state index contributed by atoms with van der Waals surface area (Å²) in [6.07, 6.45) is 1.69. The molecule has 0 bridgehead atoms. The predicted molar refractivity (Wildman–Crippen MR) is 88.0 cm³/mol. The lowest BCUT2D eigenvalue weighted by Gasteiger charge is -2.19. The summed E-state index contributed by atoms with van der Waals surface area (Å²) in [5.74, 6) is -0.175. The van der Waals surface area contributed by atoms with Crippen LogP contribution in [0.1, 0.15) is 42.3 Å². The minimum Gasteiger partial charge on any atom is -0.348 e. The van der Waals surface area contributed by atoms with Gasteiger partial charge in [0, 0.05) is 30.9 Å². The van der Waals surface area contributed by atoms with Crippen molar-refractivity contribution in [1.82, 2.24) is 9.88 Å². The predicted octanol–water partition coefficient (Wildman–Crippen LogP) is 2.61. The molecule has 0 aliphatic heterocycles. The van der Waals surface area contributed by atoms with Gasteiger partial charge in [0.25, 0.3) is 11.5 Å². The summed E-state index contributed by atoms with van der Waals surface area (Å²) in [7, 11) is 1.69. The van der Waals surface area contributed by atoms with Gasteiger partial charge in [-0.3, -0.25) is 9.59 Å². The van der Waals surface area contributed by atoms with Crippen molar-refractivity contribution in [2.24, 2.45) is 7.05 Å². The number of carbonyl (C=O) groups excluding carboxylic acids is 1. The van der Waals surface area contributed by atoms with Gasteiger partial charge < -0.3 is 9.88 Å². The Morgan fingerprint density at radius 1 is 1.14 bits per heavy atom. The fourth-order valence-corrected chi connectivity index (χ4v) is 2.19. The zero-order valence-corrected chi connectivity index (χ0v) is 13.5. The third-order valence-electron chi connectivity index (χ3n) is 3.65. The van der Waals surface area contributed by atoms with Gasteiger partial charge in [-0.1, -0.05) is 39.0 Å². The van der Waals surface area contributed by atoms with Crippen molar-refractivity contribution in [3.63, 3.8) is 0 Å². The molecule has 116 valence electrons. The SMILES string of the molecule is Cn1cccc(CNC(=O)c2ccc(C(C)(C)C)cc2)c1=O. The quantitative estimate of drug-likeness (QED) is 0.947. The second-order valence-electron chi connectivity index (χ2n) is 6.46. The lowest BCUT2D eigenvalue weighted by Crippen LogP contribution is -2.28. The van der Waals surface area contributed by atoms with Crippen molar-refractivity contribution in [1.29, 1.82) is 0 Å². The highest BCUT2D eigenvalue weighted by Crippen LogP contribution is 2.22. The third-order valence-corrected chi connectivity index (χ3v) is 3.65. The van der Waals surface area contributed by atoms with Crippen LogP contribution in [0.5, 0.6) is 0 Å². The maximum atomic E-state index is 12.2. The summed E-state index contributed by atoms with van der Waals surface area (Å²) in [4.78, 5) is 24.0. The van der Waals surface area contributed by atoms with Gasteiger partial charge in [-0.25, -0.2) is 0 Å². The maximum Gasteiger partial charge on any atom is 0.255 e. The molecule has 0 aliphatic rings. The molecule has 1 aromatic carbocycles. The van der Waals surface area contributed by atoms with E-state index in [4.69, 9.17) is 0 Å². The van der Waals surface area contributed by atoms with Crippen molar-refractivity contribution >= 4 is 5.91 Å². The topological polar surface area (TPSA) is 51.1 Å². The Kier molecular flexibility index (Phi) is 4.50. The number of nitrogens with one attached hydrogen (secondary N) is 1. The summed E-state index contributed by atoms with van der Waals surface area (Å²) in [6, 6.07) is 11.1. The molecule has 0 spiro atoms. The van der Waals surface area contributed by atoms with Crippen molar-refractivity contribution < 1.29 is 4.79 Å². The van der Waals surface area contributed by atoms with E-state index in [1.165, 1.54) is 10.1 Å². The number of aryl methyl sites for hydroxylation is 1. The van der Waals surface area contributed by atoms with E-state index in [1.807, 2.05) is 24.3 Å². The molecule has 1 N–H and O–H groups in total. The largest absolute Gasteiger partial charge is 0.348 e. The molecule has 0 fully saturated rings. The van der Waals surface area contributed by atoms with E-state index >= 15 is 0 Å². The summed E-state index contributed by atoms with van der Waals surface area (Å²) in [6.45, 7) is 6.63. The lowest BCUT2D eigenvalue weighted by molar-refractivity contribution is 0.0950. The molecule has 0 radical (unpaired) electrons. The zero-order valence-electron chi connectivity index (χ0n) is 13.5. The molecule has 0 unspecified atom stereocenters. The van der Waals surface area contributed by atoms with Gasteiger partial charge in [0.1, 0.15) is 0 Å². The molecule has 1 heterocycles. The van der Waals surface area contributed by atoms with E-state index in [-0.39, 0.29) is 23.4 Å². The number of carbonyl (C=O) groups is 1. The van der Waals surface area contributed by atoms with Crippen LogP contribution in [0.15, 0.2) is 47.4 Å². The molecule has 4 nitrogen and oxygen atoms in total. The minimum absolute atomic E-state index is 0.0608. The van der Waals surface area contributed by atoms with Gasteiger partial charge in [0.05, 0.1) is 0 Å². The third kappa shape index (κ3) is 3.64. The van der Waals surface area contributed by atoms with Crippen LogP contribution in [0.3, 0.4) is 0 Å². The maximum absolute atomic E-state index is 12.2. The molecule has 2 aromatic rings. The number of hydrogen-bond donors (Lipinski definition) is 1. The summed E-state index contributed by atoms with van der Waals surface area (Å²) in [5, 5.41) is 2.79. The van der Waals surface area contributed by atoms with Crippen molar-refractivity contribution in [3.05, 3.63) is 69.6 Å². The smallest absolute Gasteiger partial charge is 0.255 e. The van der Waals surface area contributed by atoms with Gasteiger partial charge in [0.2, 0.25) is 0 Å². The van der Waals surface area contributed by atoms with Crippen LogP contribution in [-0.2, 0) is 19.0 Å². The molecule has 4 heteroatoms. The average molecular weight is 298 g/mol. The minimum atomic E-state index is -0.175. The van der Waals surface area contributed by atoms with Crippen LogP contribution in [0.4, 0.5) is 0 Å². The second-order valence-corrected chi connectivity index (χ2v) is 6.46. The van der Waals surface area contributed by atoms with Crippen molar-refractivity contribution in [2.75, 3.05) is 0 Å². The molecule has 2 rings (SSSR count). The first-order valence-electron chi connectivity index (χ1n) is 7.32. The fourth-order valence-electron chi connectivity index (χ4n) is 2.19. The molecule has 0 atom stereocenters. The van der Waals surface area contributed by atoms with Crippen LogP contribution in [0.2, 0.25) is 0 Å². The van der Waals surface area contributed by atoms with E-state index in [0.717, 1.165) is 0 Å². The van der Waals surface area contributed by atoms with Crippen LogP contribution >= 0.6 is 0 Å². The average Bonchev–Trinajstić information content (AvgIpc) is 2.48. The van der Waals surface area contributed by atoms with E-state index < -0.39 is 0 Å². The Labute approximate surface area is 130 Å². The van der Waals surface area contributed by atoms with Gasteiger partial charge >= 0.3 is 0 Å². The summed E-state index contributed by atoms with van der Waals surface area (Å²) in [5.41, 5.74) is 2.32. The lowest BCUT2D eigenvalue weighted by atomic mass is 9.87. The van der Waals surface area contributed by atoms with Crippen LogP contribution in [-0.4, -0.2) is 10.5 Å². The molecule has 0 saturated heterocycles. The van der Waals surface area contributed by atoms with E-state index in [2.05, 4.69) is 26.1 Å². The Morgan fingerprint density at radius 2 is 1.77 bits per heavy atom. The van der Waals surface area contributed by atoms with E-state index in [1.54, 1.807) is 25.4 Å². The summed E-state index contributed by atoms with van der Waals surface area (Å²) >= 11 is 0. The van der Waals surface area contributed by atoms with Gasteiger partial charge in [-0.05, 0) is 29.2 Å². The number of pyridine rings is 1. The van der Waals surface area contributed by atoms with Gasteiger partial charge in [0.15, 0.2) is 0 Å². The number of benzene rings is 1. The Balaban J connectivity index is 2.07. The monoisotopic (exact) mass is 298 g/mol. The Bertz CT molecular complexity index is 722. The van der Waals surface area contributed by atoms with Crippen LogP contribution in [0.25, 0.3) is 0 Å². The van der Waals surface area contributed by atoms with Crippen LogP contribution in [0, 0.1) is 0 Å². The Hall–Kier alpha value is -2.36. The van der Waals surface area contributed by atoms with Gasteiger partial charge in [-0.15, -0.1) is 0 Å². The molecule has 1 amide bonds. The first kappa shape index (κ1) is 16.0. The van der Waals surface area contributed by atoms with E-state index in [0.29, 0.717) is 11.1 Å². The first-order chi connectivity index (χ1) is 10.3. The highest BCUT2D eigenvalue weighted by molar-refractivity contribution is 5.94. The standard InChI is InChI=1S/C18H22N2O2/c1-18(2,3)15-9-7-13(8-10-15)16(21)19-12-14-6-5-11-20(4)17(14)22/h5-11H,12H2,1-4H3,(H,19,21). The van der Waals surface area contributed by atoms with Crippen molar-refractivity contribution in [3.8, 4) is 0 Å². The molecule has 1 aromatic heterocycles. The van der Waals surface area contributed by atoms with Gasteiger partial charge in [-0.2, -0.15) is 0 Å². The Morgan fingerprint density at radius 3 is 2.36 bits per heavy atom. The highest BCUT2D eigenvalue weighted by Gasteiger charge is 2.14. The number of nitrogens with zero attached hydrogens (tertiary/aromatic N) is 1. The molecule has 0 aliphatic carbocycles. The second kappa shape index (κ2) is 6.18. The highest BCUT2D eigenvalue weighted by atomic mass is 16.2. The van der Waals surface area contributed by atoms with E-state index in [9.17, 15) is 9.59 Å². The zero-order chi connectivity index (χ0) is 16.3. The molecular weight excluding hydrogens is 276 g/mol. The number of hydrogen-bond acceptors (Lipinski definition) is 2. The molecular formula is C18H22N2O2. The first-order valence-corrected chi connectivity index (χ1v) is 7.32. The normalized spacial score (nSPS) is 11.3. The molecule has 0 saturated carbocycles. The number of rotatable bonds is 3. The molecule has 22 heavy (non-hydrogen) atoms. The summed E-state index contributed by atoms with van der Waals surface area (Å²) < 4.78 is 1.50. The van der Waals surface area contributed by atoms with Crippen molar-refractivity contribution in [2.45, 2.75) is 32.7 Å². The van der Waals surface area contributed by atoms with Crippen LogP contribution < -0.4 is 10.9 Å².